The number of ether oxygens (including phenoxy) is 3. The molecule has 28 heavy (non-hydrogen) atoms. The lowest BCUT2D eigenvalue weighted by atomic mass is 10.1. The predicted molar refractivity (Wildman–Crippen MR) is 106 cm³/mol. The Morgan fingerprint density at radius 2 is 2.04 bits per heavy atom. The predicted octanol–water partition coefficient (Wildman–Crippen LogP) is 4.24. The molecule has 0 saturated carbocycles. The second-order valence-electron chi connectivity index (χ2n) is 6.65. The largest absolute Gasteiger partial charge is 0.491 e. The van der Waals surface area contributed by atoms with E-state index in [9.17, 15) is 0 Å². The lowest BCUT2D eigenvalue weighted by molar-refractivity contribution is -0.190. The standard InChI is InChI=1S/C20H19Cl2N3O3/c1-14-2-5-16(6-3-14)26-9-17-10-27-20(28-17,11-25-13-23-12-24-25)18-7-4-15(21)8-19(18)22/h2-8,12-13,17H,9-11H2,1H3/t17-,20-/m0/s1. The molecule has 8 heteroatoms. The zero-order valence-corrected chi connectivity index (χ0v) is 16.7. The molecule has 1 fully saturated rings. The second-order valence-corrected chi connectivity index (χ2v) is 7.49. The van der Waals surface area contributed by atoms with E-state index in [1.54, 1.807) is 23.1 Å². The third-order valence-corrected chi connectivity index (χ3v) is 5.04. The van der Waals surface area contributed by atoms with E-state index in [1.165, 1.54) is 11.9 Å². The molecule has 2 aromatic carbocycles. The van der Waals surface area contributed by atoms with Crippen molar-refractivity contribution in [3.63, 3.8) is 0 Å². The van der Waals surface area contributed by atoms with E-state index in [-0.39, 0.29) is 6.10 Å². The average Bonchev–Trinajstić information content (AvgIpc) is 3.32. The fourth-order valence-electron chi connectivity index (χ4n) is 3.11. The van der Waals surface area contributed by atoms with Gasteiger partial charge in [0, 0.05) is 10.6 Å². The molecule has 0 spiro atoms. The Kier molecular flexibility index (Phi) is 5.55. The quantitative estimate of drug-likeness (QED) is 0.597. The minimum absolute atomic E-state index is 0.267. The summed E-state index contributed by atoms with van der Waals surface area (Å²) < 4.78 is 19.9. The van der Waals surface area contributed by atoms with Crippen molar-refractivity contribution in [2.24, 2.45) is 0 Å². The molecule has 1 aliphatic rings. The van der Waals surface area contributed by atoms with Gasteiger partial charge in [-0.25, -0.2) is 9.67 Å². The van der Waals surface area contributed by atoms with Crippen LogP contribution in [0.2, 0.25) is 10.0 Å². The van der Waals surface area contributed by atoms with Crippen molar-refractivity contribution >= 4 is 23.2 Å². The molecule has 1 aromatic heterocycles. The number of hydrogen-bond donors (Lipinski definition) is 0. The van der Waals surface area contributed by atoms with Gasteiger partial charge in [-0.3, -0.25) is 0 Å². The van der Waals surface area contributed by atoms with Gasteiger partial charge in [0.1, 0.15) is 37.7 Å². The van der Waals surface area contributed by atoms with Crippen molar-refractivity contribution in [3.8, 4) is 5.75 Å². The van der Waals surface area contributed by atoms with Crippen molar-refractivity contribution in [1.29, 1.82) is 0 Å². The van der Waals surface area contributed by atoms with Gasteiger partial charge in [-0.15, -0.1) is 0 Å². The van der Waals surface area contributed by atoms with Gasteiger partial charge in [-0.2, -0.15) is 5.10 Å². The van der Waals surface area contributed by atoms with E-state index >= 15 is 0 Å². The van der Waals surface area contributed by atoms with Gasteiger partial charge in [-0.1, -0.05) is 47.0 Å². The first-order valence-electron chi connectivity index (χ1n) is 8.83. The highest BCUT2D eigenvalue weighted by molar-refractivity contribution is 6.35. The van der Waals surface area contributed by atoms with Gasteiger partial charge in [0.15, 0.2) is 0 Å². The number of hydrogen-bond acceptors (Lipinski definition) is 5. The third-order valence-electron chi connectivity index (χ3n) is 4.49. The van der Waals surface area contributed by atoms with Crippen LogP contribution in [0, 0.1) is 6.92 Å². The van der Waals surface area contributed by atoms with Crippen LogP contribution in [-0.2, 0) is 21.8 Å². The molecule has 6 nitrogen and oxygen atoms in total. The molecule has 2 heterocycles. The van der Waals surface area contributed by atoms with Crippen molar-refractivity contribution in [2.75, 3.05) is 13.2 Å². The SMILES string of the molecule is Cc1ccc(OC[C@H]2CO[C@](Cn3cncn3)(c3ccc(Cl)cc3Cl)O2)cc1. The summed E-state index contributed by atoms with van der Waals surface area (Å²) >= 11 is 12.5. The van der Waals surface area contributed by atoms with Gasteiger partial charge in [0.25, 0.3) is 0 Å². The third kappa shape index (κ3) is 4.15. The maximum atomic E-state index is 6.45. The van der Waals surface area contributed by atoms with Crippen molar-refractivity contribution in [1.82, 2.24) is 14.8 Å². The summed E-state index contributed by atoms with van der Waals surface area (Å²) in [6.07, 6.45) is 2.80. The summed E-state index contributed by atoms with van der Waals surface area (Å²) in [6, 6.07) is 13.1. The van der Waals surface area contributed by atoms with E-state index in [0.717, 1.165) is 5.75 Å². The van der Waals surface area contributed by atoms with Crippen LogP contribution in [0.3, 0.4) is 0 Å². The van der Waals surface area contributed by atoms with Crippen LogP contribution < -0.4 is 4.74 Å². The van der Waals surface area contributed by atoms with Crippen molar-refractivity contribution in [2.45, 2.75) is 25.4 Å². The zero-order valence-electron chi connectivity index (χ0n) is 15.2. The van der Waals surface area contributed by atoms with E-state index in [2.05, 4.69) is 10.1 Å². The van der Waals surface area contributed by atoms with Crippen LogP contribution in [-0.4, -0.2) is 34.1 Å². The summed E-state index contributed by atoms with van der Waals surface area (Å²) in [5, 5.41) is 5.18. The van der Waals surface area contributed by atoms with Crippen molar-refractivity contribution in [3.05, 3.63) is 76.3 Å². The average molecular weight is 420 g/mol. The highest BCUT2D eigenvalue weighted by atomic mass is 35.5. The molecule has 146 valence electrons. The van der Waals surface area contributed by atoms with Crippen LogP contribution in [0.1, 0.15) is 11.1 Å². The normalized spacial score (nSPS) is 21.8. The van der Waals surface area contributed by atoms with E-state index < -0.39 is 5.79 Å². The summed E-state index contributed by atoms with van der Waals surface area (Å²) in [5.41, 5.74) is 1.86. The Morgan fingerprint density at radius 3 is 2.75 bits per heavy atom. The Balaban J connectivity index is 1.54. The maximum Gasteiger partial charge on any atom is 0.217 e. The molecular weight excluding hydrogens is 401 g/mol. The van der Waals surface area contributed by atoms with Gasteiger partial charge in [0.2, 0.25) is 5.79 Å². The van der Waals surface area contributed by atoms with Crippen LogP contribution >= 0.6 is 23.2 Å². The summed E-state index contributed by atoms with van der Waals surface area (Å²) in [7, 11) is 0. The Morgan fingerprint density at radius 1 is 1.21 bits per heavy atom. The maximum absolute atomic E-state index is 6.45. The summed E-state index contributed by atoms with van der Waals surface area (Å²) in [4.78, 5) is 3.99. The smallest absolute Gasteiger partial charge is 0.217 e. The molecule has 1 saturated heterocycles. The fourth-order valence-corrected chi connectivity index (χ4v) is 3.66. The molecule has 0 N–H and O–H groups in total. The minimum atomic E-state index is -1.10. The first kappa shape index (κ1) is 19.2. The zero-order chi connectivity index (χ0) is 19.6. The highest BCUT2D eigenvalue weighted by Crippen LogP contribution is 2.40. The molecule has 0 bridgehead atoms. The van der Waals surface area contributed by atoms with Gasteiger partial charge >= 0.3 is 0 Å². The molecule has 0 aliphatic carbocycles. The topological polar surface area (TPSA) is 58.4 Å². The Labute approximate surface area is 173 Å². The van der Waals surface area contributed by atoms with E-state index in [0.29, 0.717) is 35.4 Å². The van der Waals surface area contributed by atoms with Crippen molar-refractivity contribution < 1.29 is 14.2 Å². The number of rotatable bonds is 6. The first-order valence-corrected chi connectivity index (χ1v) is 9.59. The van der Waals surface area contributed by atoms with E-state index in [1.807, 2.05) is 37.3 Å². The lowest BCUT2D eigenvalue weighted by Crippen LogP contribution is -2.35. The van der Waals surface area contributed by atoms with E-state index in [4.69, 9.17) is 37.4 Å². The number of halogens is 2. The molecule has 0 radical (unpaired) electrons. The second kappa shape index (κ2) is 8.09. The molecule has 0 unspecified atom stereocenters. The number of aromatic nitrogens is 3. The summed E-state index contributed by atoms with van der Waals surface area (Å²) in [5.74, 6) is -0.316. The molecule has 3 aromatic rings. The lowest BCUT2D eigenvalue weighted by Gasteiger charge is -2.29. The Hall–Kier alpha value is -2.12. The van der Waals surface area contributed by atoms with Gasteiger partial charge in [0.05, 0.1) is 11.6 Å². The van der Waals surface area contributed by atoms with Crippen LogP contribution in [0.15, 0.2) is 55.1 Å². The highest BCUT2D eigenvalue weighted by Gasteiger charge is 2.45. The monoisotopic (exact) mass is 419 g/mol. The van der Waals surface area contributed by atoms with Gasteiger partial charge in [-0.05, 0) is 31.2 Å². The van der Waals surface area contributed by atoms with Gasteiger partial charge < -0.3 is 14.2 Å². The summed E-state index contributed by atoms with van der Waals surface area (Å²) in [6.45, 7) is 3.05. The van der Waals surface area contributed by atoms with Crippen LogP contribution in [0.4, 0.5) is 0 Å². The molecule has 1 aliphatic heterocycles. The number of aryl methyl sites for hydroxylation is 1. The fraction of sp³-hybridized carbons (Fsp3) is 0.300. The molecule has 0 amide bonds. The molecular formula is C20H19Cl2N3O3. The van der Waals surface area contributed by atoms with Crippen LogP contribution in [0.5, 0.6) is 5.75 Å². The first-order chi connectivity index (χ1) is 13.5. The van der Waals surface area contributed by atoms with Crippen LogP contribution in [0.25, 0.3) is 0 Å². The number of benzene rings is 2. The minimum Gasteiger partial charge on any atom is -0.491 e. The molecule has 4 rings (SSSR count). The Bertz CT molecular complexity index is 934. The molecule has 2 atom stereocenters. The number of nitrogens with zero attached hydrogens (tertiary/aromatic N) is 3.